The van der Waals surface area contributed by atoms with Gasteiger partial charge in [0.05, 0.1) is 6.07 Å². The van der Waals surface area contributed by atoms with Gasteiger partial charge in [-0.1, -0.05) is 13.3 Å². The highest BCUT2D eigenvalue weighted by atomic mass is 19.1. The van der Waals surface area contributed by atoms with Crippen LogP contribution in [0.1, 0.15) is 39.0 Å². The fourth-order valence-corrected chi connectivity index (χ4v) is 3.57. The molecule has 1 nitrogen and oxygen atoms in total. The van der Waals surface area contributed by atoms with Crippen molar-refractivity contribution in [3.8, 4) is 6.07 Å². The molecular weight excluding hydrogens is 239 g/mol. The number of hydrogen-bond donors (Lipinski definition) is 0. The summed E-state index contributed by atoms with van der Waals surface area (Å²) in [5, 5.41) is 8.71. The smallest absolute Gasteiger partial charge is 0.119 e. The minimum Gasteiger partial charge on any atom is -0.247 e. The molecule has 4 heteroatoms. The highest BCUT2D eigenvalue weighted by Gasteiger charge is 2.44. The van der Waals surface area contributed by atoms with Gasteiger partial charge in [0.1, 0.15) is 24.4 Å². The van der Waals surface area contributed by atoms with Crippen molar-refractivity contribution < 1.29 is 13.2 Å². The third kappa shape index (κ3) is 2.65. The third-order valence-electron chi connectivity index (χ3n) is 4.67. The zero-order valence-corrected chi connectivity index (χ0v) is 10.7. The molecule has 0 amide bonds. The van der Waals surface area contributed by atoms with Crippen molar-refractivity contribution in [3.05, 3.63) is 0 Å². The van der Waals surface area contributed by atoms with Gasteiger partial charge in [-0.3, -0.25) is 0 Å². The van der Waals surface area contributed by atoms with Gasteiger partial charge in [0.15, 0.2) is 0 Å². The van der Waals surface area contributed by atoms with Gasteiger partial charge in [-0.25, -0.2) is 13.2 Å². The first-order valence-electron chi connectivity index (χ1n) is 6.84. The zero-order valence-electron chi connectivity index (χ0n) is 10.7. The molecule has 2 aliphatic rings. The Labute approximate surface area is 106 Å². The van der Waals surface area contributed by atoms with Gasteiger partial charge in [-0.15, -0.1) is 0 Å². The van der Waals surface area contributed by atoms with E-state index in [4.69, 9.17) is 5.26 Å². The van der Waals surface area contributed by atoms with E-state index in [0.717, 1.165) is 12.8 Å². The second-order valence-corrected chi connectivity index (χ2v) is 6.02. The van der Waals surface area contributed by atoms with Crippen molar-refractivity contribution in [1.29, 1.82) is 5.26 Å². The van der Waals surface area contributed by atoms with Crippen LogP contribution in [0.25, 0.3) is 0 Å². The first kappa shape index (κ1) is 13.7. The van der Waals surface area contributed by atoms with E-state index in [2.05, 4.69) is 0 Å². The largest absolute Gasteiger partial charge is 0.247 e. The van der Waals surface area contributed by atoms with E-state index in [-0.39, 0.29) is 24.7 Å². The fourth-order valence-electron chi connectivity index (χ4n) is 3.57. The molecule has 0 aromatic rings. The topological polar surface area (TPSA) is 23.8 Å². The van der Waals surface area contributed by atoms with Crippen molar-refractivity contribution >= 4 is 0 Å². The van der Waals surface area contributed by atoms with Crippen molar-refractivity contribution in [2.75, 3.05) is 0 Å². The minimum atomic E-state index is -1.43. The number of halogens is 3. The van der Waals surface area contributed by atoms with Gasteiger partial charge in [-0.05, 0) is 43.4 Å². The Kier molecular flexibility index (Phi) is 4.19. The summed E-state index contributed by atoms with van der Waals surface area (Å²) in [7, 11) is 0. The summed E-state index contributed by atoms with van der Waals surface area (Å²) in [6.45, 7) is 2.02. The normalized spacial score (nSPS) is 49.6. The van der Waals surface area contributed by atoms with Crippen molar-refractivity contribution in [1.82, 2.24) is 0 Å². The quantitative estimate of drug-likeness (QED) is 0.698. The van der Waals surface area contributed by atoms with E-state index in [0.29, 0.717) is 12.3 Å². The van der Waals surface area contributed by atoms with Crippen molar-refractivity contribution in [2.24, 2.45) is 23.7 Å². The summed E-state index contributed by atoms with van der Waals surface area (Å²) in [6, 6.07) is 1.70. The summed E-state index contributed by atoms with van der Waals surface area (Å²) in [6.07, 6.45) is -1.32. The molecule has 0 spiro atoms. The highest BCUT2D eigenvalue weighted by Crippen LogP contribution is 2.44. The maximum Gasteiger partial charge on any atom is 0.119 e. The molecule has 0 aromatic heterocycles. The lowest BCUT2D eigenvalue weighted by Crippen LogP contribution is -2.41. The molecule has 0 aliphatic heterocycles. The molecule has 0 bridgehead atoms. The second kappa shape index (κ2) is 5.50. The van der Waals surface area contributed by atoms with Gasteiger partial charge < -0.3 is 0 Å². The maximum absolute atomic E-state index is 14.0. The summed E-state index contributed by atoms with van der Waals surface area (Å²) < 4.78 is 41.5. The van der Waals surface area contributed by atoms with E-state index >= 15 is 0 Å². The van der Waals surface area contributed by atoms with Crippen LogP contribution >= 0.6 is 0 Å². The fraction of sp³-hybridized carbons (Fsp3) is 0.929. The van der Waals surface area contributed by atoms with E-state index in [1.54, 1.807) is 6.07 Å². The molecular formula is C14H20F3N. The molecule has 102 valence electrons. The maximum atomic E-state index is 14.0. The molecule has 2 aliphatic carbocycles. The molecule has 0 aromatic carbocycles. The molecule has 5 atom stereocenters. The lowest BCUT2D eigenvalue weighted by Gasteiger charge is -2.40. The first-order chi connectivity index (χ1) is 8.52. The minimum absolute atomic E-state index is 0.151. The Balaban J connectivity index is 2.00. The van der Waals surface area contributed by atoms with Crippen molar-refractivity contribution in [3.63, 3.8) is 0 Å². The average Bonchev–Trinajstić information content (AvgIpc) is 2.28. The van der Waals surface area contributed by atoms with E-state index in [1.807, 2.05) is 6.92 Å². The molecule has 2 saturated carbocycles. The lowest BCUT2D eigenvalue weighted by molar-refractivity contribution is 0.00741. The van der Waals surface area contributed by atoms with Crippen LogP contribution in [0.4, 0.5) is 13.2 Å². The summed E-state index contributed by atoms with van der Waals surface area (Å²) in [4.78, 5) is 0. The van der Waals surface area contributed by atoms with Crippen LogP contribution in [0.5, 0.6) is 0 Å². The van der Waals surface area contributed by atoms with Gasteiger partial charge in [0, 0.05) is 0 Å². The summed E-state index contributed by atoms with van der Waals surface area (Å²) >= 11 is 0. The van der Waals surface area contributed by atoms with Gasteiger partial charge in [-0.2, -0.15) is 5.26 Å². The number of hydrogen-bond acceptors (Lipinski definition) is 1. The highest BCUT2D eigenvalue weighted by molar-refractivity contribution is 5.00. The monoisotopic (exact) mass is 259 g/mol. The lowest BCUT2D eigenvalue weighted by atomic mass is 9.68. The van der Waals surface area contributed by atoms with Crippen LogP contribution in [-0.2, 0) is 0 Å². The number of nitriles is 1. The number of alkyl halides is 3. The predicted molar refractivity (Wildman–Crippen MR) is 63.0 cm³/mol. The van der Waals surface area contributed by atoms with Crippen LogP contribution < -0.4 is 0 Å². The zero-order chi connectivity index (χ0) is 13.3. The van der Waals surface area contributed by atoms with E-state index in [9.17, 15) is 13.2 Å². The third-order valence-corrected chi connectivity index (χ3v) is 4.67. The Morgan fingerprint density at radius 3 is 2.06 bits per heavy atom. The Morgan fingerprint density at radius 1 is 0.944 bits per heavy atom. The summed E-state index contributed by atoms with van der Waals surface area (Å²) in [5.41, 5.74) is 0. The molecule has 2 fully saturated rings. The molecule has 0 saturated heterocycles. The molecule has 0 N–H and O–H groups in total. The van der Waals surface area contributed by atoms with Crippen molar-refractivity contribution in [2.45, 2.75) is 57.5 Å². The second-order valence-electron chi connectivity index (χ2n) is 6.02. The average molecular weight is 259 g/mol. The van der Waals surface area contributed by atoms with Crippen LogP contribution in [0.15, 0.2) is 0 Å². The number of nitrogens with zero attached hydrogens (tertiary/aromatic N) is 1. The van der Waals surface area contributed by atoms with Crippen LogP contribution in [0, 0.1) is 35.0 Å². The first-order valence-corrected chi connectivity index (χ1v) is 6.84. The van der Waals surface area contributed by atoms with Gasteiger partial charge >= 0.3 is 0 Å². The Hall–Kier alpha value is -0.720. The molecule has 0 heterocycles. The molecule has 0 radical (unpaired) electrons. The Bertz CT molecular complexity index is 315. The summed E-state index contributed by atoms with van der Waals surface area (Å²) in [5.74, 6) is -1.23. The Morgan fingerprint density at radius 2 is 1.56 bits per heavy atom. The SMILES string of the molecule is CC1CCC(C2CC(F)C(C#N)C(F)C2)C(F)C1. The van der Waals surface area contributed by atoms with E-state index < -0.39 is 24.4 Å². The van der Waals surface area contributed by atoms with Crippen LogP contribution in [-0.4, -0.2) is 18.5 Å². The predicted octanol–water partition coefficient (Wildman–Crippen LogP) is 3.99. The van der Waals surface area contributed by atoms with Gasteiger partial charge in [0.2, 0.25) is 0 Å². The standard InChI is InChI=1S/C14H20F3N/c1-8-2-3-10(12(15)4-8)9-5-13(16)11(7-18)14(17)6-9/h8-14H,2-6H2,1H3. The van der Waals surface area contributed by atoms with Crippen LogP contribution in [0.2, 0.25) is 0 Å². The molecule has 2 rings (SSSR count). The van der Waals surface area contributed by atoms with E-state index in [1.165, 1.54) is 0 Å². The number of rotatable bonds is 1. The molecule has 5 unspecified atom stereocenters. The molecule has 18 heavy (non-hydrogen) atoms. The van der Waals surface area contributed by atoms with Crippen LogP contribution in [0.3, 0.4) is 0 Å². The van der Waals surface area contributed by atoms with Gasteiger partial charge in [0.25, 0.3) is 0 Å².